The highest BCUT2D eigenvalue weighted by atomic mass is 16.6. The van der Waals surface area contributed by atoms with E-state index in [0.717, 1.165) is 135 Å². The predicted octanol–water partition coefficient (Wildman–Crippen LogP) is 16.0. The Morgan fingerprint density at radius 2 is 0.650 bits per heavy atom. The highest BCUT2D eigenvalue weighted by Crippen LogP contribution is 2.13. The van der Waals surface area contributed by atoms with Crippen molar-refractivity contribution in [1.29, 1.82) is 0 Å². The second-order valence-corrected chi connectivity index (χ2v) is 16.0. The molecule has 0 bridgehead atoms. The van der Waals surface area contributed by atoms with Crippen LogP contribution in [-0.2, 0) is 28.6 Å². The number of unbranched alkanes of at least 4 members (excludes halogenated alkanes) is 18. The van der Waals surface area contributed by atoms with Gasteiger partial charge in [-0.05, 0) is 109 Å². The van der Waals surface area contributed by atoms with E-state index in [4.69, 9.17) is 14.2 Å². The second-order valence-electron chi connectivity index (χ2n) is 16.0. The highest BCUT2D eigenvalue weighted by Gasteiger charge is 2.19. The maximum Gasteiger partial charge on any atom is 0.306 e. The number of allylic oxidation sites excluding steroid dienone is 14. The molecule has 0 rings (SSSR count). The Labute approximate surface area is 369 Å². The van der Waals surface area contributed by atoms with Crippen molar-refractivity contribution in [2.75, 3.05) is 13.2 Å². The minimum absolute atomic E-state index is 0.101. The first-order valence-electron chi connectivity index (χ1n) is 24.6. The van der Waals surface area contributed by atoms with Crippen LogP contribution < -0.4 is 0 Å². The zero-order valence-corrected chi connectivity index (χ0v) is 38.9. The summed E-state index contributed by atoms with van der Waals surface area (Å²) in [6.45, 7) is 6.34. The first-order chi connectivity index (χ1) is 29.5. The summed E-state index contributed by atoms with van der Waals surface area (Å²) in [5.41, 5.74) is 0. The topological polar surface area (TPSA) is 78.9 Å². The van der Waals surface area contributed by atoms with Crippen LogP contribution >= 0.6 is 0 Å². The Morgan fingerprint density at radius 3 is 1.05 bits per heavy atom. The van der Waals surface area contributed by atoms with Crippen molar-refractivity contribution in [2.24, 2.45) is 0 Å². The smallest absolute Gasteiger partial charge is 0.306 e. The minimum Gasteiger partial charge on any atom is -0.462 e. The van der Waals surface area contributed by atoms with Gasteiger partial charge in [0, 0.05) is 19.3 Å². The number of esters is 3. The molecular weight excluding hydrogens is 745 g/mol. The zero-order chi connectivity index (χ0) is 43.7. The fourth-order valence-electron chi connectivity index (χ4n) is 6.46. The maximum atomic E-state index is 12.8. The molecule has 0 aliphatic carbocycles. The summed E-state index contributed by atoms with van der Waals surface area (Å²) in [7, 11) is 0. The van der Waals surface area contributed by atoms with Gasteiger partial charge in [-0.15, -0.1) is 0 Å². The third kappa shape index (κ3) is 45.7. The van der Waals surface area contributed by atoms with E-state index in [1.165, 1.54) is 44.9 Å². The van der Waals surface area contributed by atoms with Crippen LogP contribution in [0, 0.1) is 0 Å². The molecule has 0 aromatic rings. The normalized spacial score (nSPS) is 12.8. The molecule has 0 saturated heterocycles. The number of ether oxygens (including phenoxy) is 3. The van der Waals surface area contributed by atoms with Crippen molar-refractivity contribution in [3.05, 3.63) is 85.1 Å². The molecular formula is C54H90O6. The second kappa shape index (κ2) is 48.3. The quantitative estimate of drug-likeness (QED) is 0.0263. The first kappa shape index (κ1) is 56.6. The monoisotopic (exact) mass is 835 g/mol. The van der Waals surface area contributed by atoms with Gasteiger partial charge < -0.3 is 14.2 Å². The minimum atomic E-state index is -0.802. The summed E-state index contributed by atoms with van der Waals surface area (Å²) in [4.78, 5) is 37.9. The van der Waals surface area contributed by atoms with E-state index < -0.39 is 6.10 Å². The molecule has 342 valence electrons. The van der Waals surface area contributed by atoms with Gasteiger partial charge in [-0.3, -0.25) is 14.4 Å². The highest BCUT2D eigenvalue weighted by molar-refractivity contribution is 5.71. The van der Waals surface area contributed by atoms with E-state index in [9.17, 15) is 14.4 Å². The molecule has 0 N–H and O–H groups in total. The molecule has 1 unspecified atom stereocenters. The van der Waals surface area contributed by atoms with E-state index in [1.54, 1.807) is 0 Å². The van der Waals surface area contributed by atoms with Crippen LogP contribution in [0.25, 0.3) is 0 Å². The SMILES string of the molecule is CC/C=C\C/C=C\C/C=C\C/C=C\CCCCCC(=O)OCC(COC(=O)CCCCCCC/C=C\C/C=C\CC)OC(=O)CCCCC/C=C\CCCCCCCCC. The van der Waals surface area contributed by atoms with E-state index in [1.807, 2.05) is 0 Å². The molecule has 0 radical (unpaired) electrons. The Morgan fingerprint density at radius 1 is 0.350 bits per heavy atom. The van der Waals surface area contributed by atoms with E-state index >= 15 is 0 Å². The summed E-state index contributed by atoms with van der Waals surface area (Å²) < 4.78 is 16.7. The lowest BCUT2D eigenvalue weighted by molar-refractivity contribution is -0.167. The molecule has 0 aliphatic heterocycles. The number of hydrogen-bond acceptors (Lipinski definition) is 6. The lowest BCUT2D eigenvalue weighted by atomic mass is 10.1. The first-order valence-corrected chi connectivity index (χ1v) is 24.6. The van der Waals surface area contributed by atoms with Gasteiger partial charge in [0.1, 0.15) is 13.2 Å². The van der Waals surface area contributed by atoms with Gasteiger partial charge in [0.15, 0.2) is 6.10 Å². The van der Waals surface area contributed by atoms with Crippen LogP contribution in [-0.4, -0.2) is 37.2 Å². The van der Waals surface area contributed by atoms with Crippen LogP contribution in [0.4, 0.5) is 0 Å². The Balaban J connectivity index is 4.48. The fourth-order valence-corrected chi connectivity index (χ4v) is 6.46. The van der Waals surface area contributed by atoms with Gasteiger partial charge in [-0.1, -0.05) is 176 Å². The molecule has 0 amide bonds. The molecule has 0 fully saturated rings. The lowest BCUT2D eigenvalue weighted by Crippen LogP contribution is -2.30. The molecule has 1 atom stereocenters. The summed E-state index contributed by atoms with van der Waals surface area (Å²) in [5, 5.41) is 0. The van der Waals surface area contributed by atoms with Gasteiger partial charge in [-0.25, -0.2) is 0 Å². The van der Waals surface area contributed by atoms with Gasteiger partial charge >= 0.3 is 17.9 Å². The van der Waals surface area contributed by atoms with Gasteiger partial charge in [-0.2, -0.15) is 0 Å². The average Bonchev–Trinajstić information content (AvgIpc) is 3.24. The largest absolute Gasteiger partial charge is 0.462 e. The molecule has 0 aromatic carbocycles. The molecule has 6 nitrogen and oxygen atoms in total. The third-order valence-corrected chi connectivity index (χ3v) is 10.1. The van der Waals surface area contributed by atoms with E-state index in [-0.39, 0.29) is 31.1 Å². The summed E-state index contributed by atoms with van der Waals surface area (Å²) in [6.07, 6.45) is 61.4. The molecule has 0 aliphatic rings. The van der Waals surface area contributed by atoms with Crippen LogP contribution in [0.5, 0.6) is 0 Å². The van der Waals surface area contributed by atoms with Gasteiger partial charge in [0.25, 0.3) is 0 Å². The zero-order valence-electron chi connectivity index (χ0n) is 38.9. The van der Waals surface area contributed by atoms with Crippen molar-refractivity contribution in [3.8, 4) is 0 Å². The lowest BCUT2D eigenvalue weighted by Gasteiger charge is -2.18. The van der Waals surface area contributed by atoms with Crippen molar-refractivity contribution in [2.45, 2.75) is 226 Å². The Kier molecular flexibility index (Phi) is 45.5. The molecule has 60 heavy (non-hydrogen) atoms. The van der Waals surface area contributed by atoms with Crippen LogP contribution in [0.2, 0.25) is 0 Å². The molecule has 0 heterocycles. The van der Waals surface area contributed by atoms with Crippen molar-refractivity contribution in [1.82, 2.24) is 0 Å². The Bertz CT molecular complexity index is 1190. The third-order valence-electron chi connectivity index (χ3n) is 10.1. The average molecular weight is 835 g/mol. The maximum absolute atomic E-state index is 12.8. The Hall–Kier alpha value is -3.41. The van der Waals surface area contributed by atoms with E-state index in [2.05, 4.69) is 106 Å². The van der Waals surface area contributed by atoms with Crippen molar-refractivity contribution in [3.63, 3.8) is 0 Å². The van der Waals surface area contributed by atoms with Crippen molar-refractivity contribution < 1.29 is 28.6 Å². The molecule has 6 heteroatoms. The summed E-state index contributed by atoms with van der Waals surface area (Å²) in [6, 6.07) is 0. The molecule has 0 saturated carbocycles. The van der Waals surface area contributed by atoms with Gasteiger partial charge in [0.2, 0.25) is 0 Å². The van der Waals surface area contributed by atoms with Gasteiger partial charge in [0.05, 0.1) is 0 Å². The number of carbonyl (C=O) groups is 3. The van der Waals surface area contributed by atoms with Crippen LogP contribution in [0.15, 0.2) is 85.1 Å². The standard InChI is InChI=1S/C54H90O6/c1-4-7-10-13-16-19-22-25-27-28-30-32-35-38-41-44-47-53(56)59-50-51(49-58-52(55)46-43-40-37-34-31-24-21-18-15-12-9-6-3)60-54(57)48-45-42-39-36-33-29-26-23-20-17-14-11-8-5-2/h7,9-10,12,16,18-19,21,25,27,29-30,32-33,51H,4-6,8,11,13-15,17,20,22-24,26,28,31,34-50H2,1-3H3/b10-7-,12-9-,19-16-,21-18-,27-25-,32-30-,33-29-. The van der Waals surface area contributed by atoms with Crippen molar-refractivity contribution >= 4 is 17.9 Å². The predicted molar refractivity (Wildman–Crippen MR) is 256 cm³/mol. The number of hydrogen-bond donors (Lipinski definition) is 0. The fraction of sp³-hybridized carbons (Fsp3) is 0.685. The number of carbonyl (C=O) groups excluding carboxylic acids is 3. The van der Waals surface area contributed by atoms with Crippen LogP contribution in [0.3, 0.4) is 0 Å². The summed E-state index contributed by atoms with van der Waals surface area (Å²) >= 11 is 0. The van der Waals surface area contributed by atoms with Crippen LogP contribution in [0.1, 0.15) is 220 Å². The van der Waals surface area contributed by atoms with E-state index in [0.29, 0.717) is 19.3 Å². The molecule has 0 aromatic heterocycles. The summed E-state index contributed by atoms with van der Waals surface area (Å²) in [5.74, 6) is -0.967. The number of rotatable bonds is 43. The molecule has 0 spiro atoms.